The van der Waals surface area contributed by atoms with Crippen LogP contribution in [0.5, 0.6) is 5.75 Å². The summed E-state index contributed by atoms with van der Waals surface area (Å²) in [6, 6.07) is 7.70. The highest BCUT2D eigenvalue weighted by Gasteiger charge is 2.09. The first-order chi connectivity index (χ1) is 6.70. The molecule has 1 heterocycles. The second-order valence-electron chi connectivity index (χ2n) is 3.02. The first kappa shape index (κ1) is 9.09. The normalized spacial score (nSPS) is 10.4. The predicted octanol–water partition coefficient (Wildman–Crippen LogP) is 2.54. The lowest BCUT2D eigenvalue weighted by Gasteiger charge is -2.05. The van der Waals surface area contributed by atoms with E-state index in [1.54, 1.807) is 0 Å². The molecular weight excluding hydrogens is 200 g/mol. The van der Waals surface area contributed by atoms with E-state index < -0.39 is 0 Å². The highest BCUT2D eigenvalue weighted by atomic mass is 35.5. The Bertz CT molecular complexity index is 465. The maximum absolute atomic E-state index is 9.28. The molecule has 2 rings (SSSR count). The summed E-state index contributed by atoms with van der Waals surface area (Å²) in [5.74, 6) is -0.00470. The predicted molar refractivity (Wildman–Crippen MR) is 55.0 cm³/mol. The molecule has 14 heavy (non-hydrogen) atoms. The lowest BCUT2D eigenvalue weighted by Crippen LogP contribution is -1.98. The molecule has 0 fully saturated rings. The molecule has 72 valence electrons. The maximum Gasteiger partial charge on any atom is 0.174 e. The first-order valence-electron chi connectivity index (χ1n) is 4.18. The molecule has 0 atom stereocenters. The Balaban J connectivity index is 2.60. The fourth-order valence-electron chi connectivity index (χ4n) is 1.29. The van der Waals surface area contributed by atoms with E-state index in [1.165, 1.54) is 10.9 Å². The van der Waals surface area contributed by atoms with Crippen molar-refractivity contribution in [3.63, 3.8) is 0 Å². The van der Waals surface area contributed by atoms with E-state index in [2.05, 4.69) is 5.10 Å². The smallest absolute Gasteiger partial charge is 0.174 e. The van der Waals surface area contributed by atoms with Crippen molar-refractivity contribution in [1.82, 2.24) is 9.78 Å². The average Bonchev–Trinajstić information content (AvgIpc) is 2.49. The number of para-hydroxylation sites is 1. The van der Waals surface area contributed by atoms with Crippen LogP contribution >= 0.6 is 11.6 Å². The topological polar surface area (TPSA) is 38.0 Å². The van der Waals surface area contributed by atoms with Crippen LogP contribution in [0.1, 0.15) is 5.56 Å². The lowest BCUT2D eigenvalue weighted by atomic mass is 10.2. The minimum atomic E-state index is -0.00470. The zero-order valence-electron chi connectivity index (χ0n) is 7.61. The van der Waals surface area contributed by atoms with E-state index in [9.17, 15) is 5.11 Å². The number of aromatic nitrogens is 2. The minimum Gasteiger partial charge on any atom is -0.504 e. The van der Waals surface area contributed by atoms with Gasteiger partial charge in [0.2, 0.25) is 0 Å². The van der Waals surface area contributed by atoms with Gasteiger partial charge in [0.1, 0.15) is 0 Å². The Kier molecular flexibility index (Phi) is 2.17. The van der Waals surface area contributed by atoms with Gasteiger partial charge in [-0.25, -0.2) is 4.68 Å². The highest BCUT2D eigenvalue weighted by Crippen LogP contribution is 2.26. The van der Waals surface area contributed by atoms with Gasteiger partial charge in [0.05, 0.1) is 11.9 Å². The maximum atomic E-state index is 9.28. The fraction of sp³-hybridized carbons (Fsp3) is 0.100. The van der Waals surface area contributed by atoms with Crippen molar-refractivity contribution in [2.45, 2.75) is 6.92 Å². The molecule has 0 saturated carbocycles. The van der Waals surface area contributed by atoms with Crippen LogP contribution in [-0.2, 0) is 0 Å². The van der Waals surface area contributed by atoms with E-state index >= 15 is 0 Å². The van der Waals surface area contributed by atoms with Gasteiger partial charge < -0.3 is 5.11 Å². The monoisotopic (exact) mass is 208 g/mol. The van der Waals surface area contributed by atoms with Gasteiger partial charge in [-0.15, -0.1) is 0 Å². The summed E-state index contributed by atoms with van der Waals surface area (Å²) in [5, 5.41) is 13.5. The van der Waals surface area contributed by atoms with Gasteiger partial charge in [-0.1, -0.05) is 29.8 Å². The Labute approximate surface area is 86.6 Å². The van der Waals surface area contributed by atoms with Gasteiger partial charge >= 0.3 is 0 Å². The third-order valence-electron chi connectivity index (χ3n) is 2.04. The van der Waals surface area contributed by atoms with Gasteiger partial charge in [-0.3, -0.25) is 0 Å². The Morgan fingerprint density at radius 1 is 1.36 bits per heavy atom. The number of hydrogen-bond donors (Lipinski definition) is 1. The second kappa shape index (κ2) is 3.35. The summed E-state index contributed by atoms with van der Waals surface area (Å²) < 4.78 is 1.51. The molecular formula is C10H9ClN2O. The molecule has 1 aromatic heterocycles. The van der Waals surface area contributed by atoms with E-state index in [4.69, 9.17) is 11.6 Å². The summed E-state index contributed by atoms with van der Waals surface area (Å²) in [6.45, 7) is 1.96. The summed E-state index contributed by atoms with van der Waals surface area (Å²) in [7, 11) is 0. The van der Waals surface area contributed by atoms with E-state index in [1.807, 2.05) is 31.2 Å². The molecule has 2 aromatic rings. The molecule has 0 aliphatic heterocycles. The molecule has 0 unspecified atom stereocenters. The van der Waals surface area contributed by atoms with Crippen LogP contribution in [0.4, 0.5) is 0 Å². The number of benzene rings is 1. The van der Waals surface area contributed by atoms with E-state index in [0.717, 1.165) is 11.3 Å². The standard InChI is InChI=1S/C10H9ClN2O/c1-7-4-2-3-5-8(7)13-10(11)9(14)6-12-13/h2-6,14H,1H3. The summed E-state index contributed by atoms with van der Waals surface area (Å²) in [6.07, 6.45) is 1.33. The van der Waals surface area contributed by atoms with Crippen LogP contribution in [-0.4, -0.2) is 14.9 Å². The van der Waals surface area contributed by atoms with Crippen LogP contribution in [0, 0.1) is 6.92 Å². The Hall–Kier alpha value is -1.48. The molecule has 0 radical (unpaired) electrons. The van der Waals surface area contributed by atoms with Gasteiger partial charge in [0, 0.05) is 0 Å². The van der Waals surface area contributed by atoms with Crippen molar-refractivity contribution in [2.24, 2.45) is 0 Å². The lowest BCUT2D eigenvalue weighted by molar-refractivity contribution is 0.475. The quantitative estimate of drug-likeness (QED) is 0.782. The SMILES string of the molecule is Cc1ccccc1-n1ncc(O)c1Cl. The summed E-state index contributed by atoms with van der Waals surface area (Å²) in [5.41, 5.74) is 1.93. The van der Waals surface area contributed by atoms with Crippen LogP contribution in [0.15, 0.2) is 30.5 Å². The summed E-state index contributed by atoms with van der Waals surface area (Å²) in [4.78, 5) is 0. The Morgan fingerprint density at radius 3 is 2.64 bits per heavy atom. The van der Waals surface area contributed by atoms with Gasteiger partial charge in [0.15, 0.2) is 10.9 Å². The molecule has 4 heteroatoms. The van der Waals surface area contributed by atoms with Crippen molar-refractivity contribution in [3.8, 4) is 11.4 Å². The van der Waals surface area contributed by atoms with E-state index in [-0.39, 0.29) is 10.9 Å². The van der Waals surface area contributed by atoms with Crippen molar-refractivity contribution in [3.05, 3.63) is 41.2 Å². The summed E-state index contributed by atoms with van der Waals surface area (Å²) >= 11 is 5.87. The molecule has 0 aliphatic carbocycles. The molecule has 0 spiro atoms. The zero-order valence-corrected chi connectivity index (χ0v) is 8.36. The molecule has 0 saturated heterocycles. The molecule has 3 nitrogen and oxygen atoms in total. The Morgan fingerprint density at radius 2 is 2.07 bits per heavy atom. The van der Waals surface area contributed by atoms with Crippen LogP contribution in [0.25, 0.3) is 5.69 Å². The number of aromatic hydroxyl groups is 1. The zero-order chi connectivity index (χ0) is 10.1. The van der Waals surface area contributed by atoms with Crippen molar-refractivity contribution >= 4 is 11.6 Å². The average molecular weight is 209 g/mol. The number of rotatable bonds is 1. The van der Waals surface area contributed by atoms with Crippen molar-refractivity contribution in [1.29, 1.82) is 0 Å². The van der Waals surface area contributed by atoms with Crippen LogP contribution < -0.4 is 0 Å². The van der Waals surface area contributed by atoms with Crippen molar-refractivity contribution in [2.75, 3.05) is 0 Å². The van der Waals surface area contributed by atoms with Gasteiger partial charge in [0.25, 0.3) is 0 Å². The van der Waals surface area contributed by atoms with Crippen LogP contribution in [0.2, 0.25) is 5.15 Å². The van der Waals surface area contributed by atoms with Crippen LogP contribution in [0.3, 0.4) is 0 Å². The number of hydrogen-bond acceptors (Lipinski definition) is 2. The van der Waals surface area contributed by atoms with E-state index in [0.29, 0.717) is 0 Å². The van der Waals surface area contributed by atoms with Crippen molar-refractivity contribution < 1.29 is 5.11 Å². The third kappa shape index (κ3) is 1.36. The number of aryl methyl sites for hydroxylation is 1. The number of halogens is 1. The van der Waals surface area contributed by atoms with Gasteiger partial charge in [-0.2, -0.15) is 5.10 Å². The highest BCUT2D eigenvalue weighted by molar-refractivity contribution is 6.31. The van der Waals surface area contributed by atoms with Gasteiger partial charge in [-0.05, 0) is 18.6 Å². The molecule has 1 N–H and O–H groups in total. The third-order valence-corrected chi connectivity index (χ3v) is 2.39. The first-order valence-corrected chi connectivity index (χ1v) is 4.56. The second-order valence-corrected chi connectivity index (χ2v) is 3.38. The molecule has 0 bridgehead atoms. The molecule has 1 aromatic carbocycles. The molecule has 0 amide bonds. The largest absolute Gasteiger partial charge is 0.504 e. The molecule has 0 aliphatic rings. The number of nitrogens with zero attached hydrogens (tertiary/aromatic N) is 2. The fourth-order valence-corrected chi connectivity index (χ4v) is 1.48. The minimum absolute atomic E-state index is 0.00470.